The monoisotopic (exact) mass is 99.0 g/mol. The van der Waals surface area contributed by atoms with Crippen LogP contribution in [0.25, 0.3) is 0 Å². The molecule has 7 heavy (non-hydrogen) atoms. The van der Waals surface area contributed by atoms with Gasteiger partial charge in [0.1, 0.15) is 0 Å². The van der Waals surface area contributed by atoms with Gasteiger partial charge in [-0.2, -0.15) is 0 Å². The van der Waals surface area contributed by atoms with E-state index in [-0.39, 0.29) is 6.42 Å². The van der Waals surface area contributed by atoms with Gasteiger partial charge in [-0.25, -0.2) is 0 Å². The van der Waals surface area contributed by atoms with Gasteiger partial charge in [-0.1, -0.05) is 0 Å². The predicted octanol–water partition coefficient (Wildman–Crippen LogP) is -1.08. The summed E-state index contributed by atoms with van der Waals surface area (Å²) in [5.74, 6) is 0. The average Bonchev–Trinajstić information content (AvgIpc) is 1.68. The van der Waals surface area contributed by atoms with Gasteiger partial charge in [0.05, 0.1) is 6.04 Å². The zero-order valence-corrected chi connectivity index (χ0v) is 3.68. The molecule has 0 aromatic rings. The van der Waals surface area contributed by atoms with Gasteiger partial charge in [-0.05, 0) is 0 Å². The van der Waals surface area contributed by atoms with Crippen LogP contribution in [0, 0.1) is 0 Å². The smallest absolute Gasteiger partial charge is 0.217 e. The summed E-state index contributed by atoms with van der Waals surface area (Å²) in [5, 5.41) is 0. The van der Waals surface area contributed by atoms with Crippen LogP contribution in [0.1, 0.15) is 6.42 Å². The largest absolute Gasteiger partial charge is 0.321 e. The first kappa shape index (κ1) is 6.30. The third-order valence-corrected chi connectivity index (χ3v) is 0.455. The zero-order chi connectivity index (χ0) is 5.70. The Kier molecular flexibility index (Phi) is 3.14. The number of rotatable bonds is 3. The Morgan fingerprint density at radius 3 is 2.29 bits per heavy atom. The molecule has 2 N–H and O–H groups in total. The molecule has 1 unspecified atom stereocenters. The summed E-state index contributed by atoms with van der Waals surface area (Å²) in [6.45, 7) is 0. The van der Waals surface area contributed by atoms with Crippen LogP contribution in [0.2, 0.25) is 0 Å². The van der Waals surface area contributed by atoms with Crippen molar-refractivity contribution in [2.24, 2.45) is 5.73 Å². The molecule has 0 aromatic carbocycles. The van der Waals surface area contributed by atoms with E-state index in [0.29, 0.717) is 0 Å². The van der Waals surface area contributed by atoms with E-state index >= 15 is 0 Å². The topological polar surface area (TPSA) is 60.2 Å². The number of hydrogen-bond acceptors (Lipinski definition) is 3. The maximum atomic E-state index is 9.47. The van der Waals surface area contributed by atoms with Crippen LogP contribution >= 0.6 is 0 Å². The Hall–Kier alpha value is -0.700. The molecule has 38 valence electrons. The molecule has 0 amide bonds. The lowest BCUT2D eigenvalue weighted by Crippen LogP contribution is -2.21. The van der Waals surface area contributed by atoms with Crippen LogP contribution in [0.5, 0.6) is 0 Å². The Balaban J connectivity index is 3.15. The molecule has 0 spiro atoms. The third-order valence-electron chi connectivity index (χ3n) is 0.455. The molecule has 3 heteroatoms. The van der Waals surface area contributed by atoms with E-state index in [1.807, 2.05) is 0 Å². The molecule has 3 nitrogen and oxygen atoms in total. The van der Waals surface area contributed by atoms with Gasteiger partial charge in [-0.3, -0.25) is 9.59 Å². The first-order chi connectivity index (χ1) is 3.31. The van der Waals surface area contributed by atoms with E-state index < -0.39 is 6.04 Å². The second-order valence-corrected chi connectivity index (χ2v) is 1.07. The minimum Gasteiger partial charge on any atom is -0.321 e. The summed E-state index contributed by atoms with van der Waals surface area (Å²) in [5.41, 5.74) is 4.90. The second kappa shape index (κ2) is 3.49. The van der Waals surface area contributed by atoms with Gasteiger partial charge in [0.2, 0.25) is 6.29 Å². The van der Waals surface area contributed by atoms with Crippen LogP contribution in [-0.2, 0) is 9.59 Å². The predicted molar refractivity (Wildman–Crippen MR) is 24.0 cm³/mol. The highest BCUT2D eigenvalue weighted by molar-refractivity contribution is 5.65. The van der Waals surface area contributed by atoms with Crippen molar-refractivity contribution < 1.29 is 9.59 Å². The minimum absolute atomic E-state index is 0.0521. The fraction of sp³-hybridized carbons (Fsp3) is 0.500. The fourth-order valence-electron chi connectivity index (χ4n) is 0.131. The van der Waals surface area contributed by atoms with Crippen molar-refractivity contribution in [2.75, 3.05) is 0 Å². The third kappa shape index (κ3) is 3.12. The van der Waals surface area contributed by atoms with E-state index in [0.717, 1.165) is 0 Å². The highest BCUT2D eigenvalue weighted by Crippen LogP contribution is 1.73. The average molecular weight is 99.1 g/mol. The number of hydrogen-bond donors (Lipinski definition) is 1. The van der Waals surface area contributed by atoms with Crippen LogP contribution in [0.15, 0.2) is 0 Å². The van der Waals surface area contributed by atoms with E-state index in [1.165, 1.54) is 12.6 Å². The van der Waals surface area contributed by atoms with Gasteiger partial charge < -0.3 is 5.73 Å². The molecule has 0 saturated carbocycles. The van der Waals surface area contributed by atoms with Gasteiger partial charge in [0, 0.05) is 6.42 Å². The Labute approximate surface area is 41.5 Å². The first-order valence-electron chi connectivity index (χ1n) is 1.79. The van der Waals surface area contributed by atoms with E-state index in [2.05, 4.69) is 0 Å². The Morgan fingerprint density at radius 2 is 2.14 bits per heavy atom. The normalized spacial score (nSPS) is 12.7. The molecule has 0 aliphatic heterocycles. The Bertz CT molecular complexity index is 72.1. The second-order valence-electron chi connectivity index (χ2n) is 1.07. The number of carbonyl (C=O) groups excluding carboxylic acids is 2. The van der Waals surface area contributed by atoms with Crippen LogP contribution in [-0.4, -0.2) is 18.6 Å². The number of nitrogens with two attached hydrogens (primary N) is 1. The van der Waals surface area contributed by atoms with E-state index in [1.54, 1.807) is 0 Å². The molecule has 0 aromatic heterocycles. The van der Waals surface area contributed by atoms with E-state index in [9.17, 15) is 9.59 Å². The van der Waals surface area contributed by atoms with Crippen molar-refractivity contribution in [3.63, 3.8) is 0 Å². The van der Waals surface area contributed by atoms with Crippen molar-refractivity contribution in [2.45, 2.75) is 12.5 Å². The molecule has 0 bridgehead atoms. The van der Waals surface area contributed by atoms with Gasteiger partial charge in [-0.15, -0.1) is 0 Å². The van der Waals surface area contributed by atoms with Crippen molar-refractivity contribution in [1.82, 2.24) is 0 Å². The molecular formula is C4H5NO2. The lowest BCUT2D eigenvalue weighted by molar-refractivity contribution is 0.530. The summed E-state index contributed by atoms with van der Waals surface area (Å²) < 4.78 is 0. The summed E-state index contributed by atoms with van der Waals surface area (Å²) in [4.78, 5) is 18.9. The molecule has 0 heterocycles. The van der Waals surface area contributed by atoms with Gasteiger partial charge in [0.25, 0.3) is 0 Å². The standard InChI is InChI=1S/C4H5NO2/c5-4(3-7)1-2-6/h4H,1,5H2. The quantitative estimate of drug-likeness (QED) is 0.489. The Morgan fingerprint density at radius 1 is 1.57 bits per heavy atom. The van der Waals surface area contributed by atoms with E-state index in [4.69, 9.17) is 5.73 Å². The van der Waals surface area contributed by atoms with Crippen molar-refractivity contribution in [3.05, 3.63) is 0 Å². The van der Waals surface area contributed by atoms with Crippen LogP contribution in [0.3, 0.4) is 0 Å². The first-order valence-corrected chi connectivity index (χ1v) is 1.79. The summed E-state index contributed by atoms with van der Waals surface area (Å²) in [7, 11) is 0. The molecule has 1 atom stereocenters. The molecular weight excluding hydrogens is 94.0 g/mol. The van der Waals surface area contributed by atoms with Crippen molar-refractivity contribution in [1.29, 1.82) is 0 Å². The van der Waals surface area contributed by atoms with Crippen molar-refractivity contribution in [3.8, 4) is 0 Å². The lowest BCUT2D eigenvalue weighted by atomic mass is 10.3. The molecule has 0 fully saturated rings. The lowest BCUT2D eigenvalue weighted by Gasteiger charge is -1.87. The maximum Gasteiger partial charge on any atom is 0.217 e. The summed E-state index contributed by atoms with van der Waals surface area (Å²) in [6, 6.07) is -0.780. The van der Waals surface area contributed by atoms with Crippen LogP contribution in [0.4, 0.5) is 0 Å². The molecule has 0 saturated heterocycles. The SMILES string of the molecule is NC([C]=O)C[C]=O. The highest BCUT2D eigenvalue weighted by atomic mass is 16.1. The highest BCUT2D eigenvalue weighted by Gasteiger charge is 1.96. The van der Waals surface area contributed by atoms with Gasteiger partial charge in [0.15, 0.2) is 6.29 Å². The fourth-order valence-corrected chi connectivity index (χ4v) is 0.131. The minimum atomic E-state index is -0.780. The molecule has 0 aliphatic rings. The molecule has 2 radical (unpaired) electrons. The maximum absolute atomic E-state index is 9.47. The summed E-state index contributed by atoms with van der Waals surface area (Å²) >= 11 is 0. The van der Waals surface area contributed by atoms with Crippen LogP contribution < -0.4 is 5.73 Å². The molecule has 0 rings (SSSR count). The zero-order valence-electron chi connectivity index (χ0n) is 3.68. The summed E-state index contributed by atoms with van der Waals surface area (Å²) in [6.07, 6.45) is 2.86. The molecule has 0 aliphatic carbocycles. The van der Waals surface area contributed by atoms with Crippen molar-refractivity contribution >= 4 is 12.6 Å². The van der Waals surface area contributed by atoms with Gasteiger partial charge >= 0.3 is 0 Å².